The van der Waals surface area contributed by atoms with Gasteiger partial charge in [0.05, 0.1) is 25.4 Å². The van der Waals surface area contributed by atoms with Crippen molar-refractivity contribution in [2.24, 2.45) is 5.11 Å². The molecule has 0 aliphatic rings. The lowest BCUT2D eigenvalue weighted by Crippen LogP contribution is -2.28. The molecule has 0 amide bonds. The molecule has 0 saturated heterocycles. The third kappa shape index (κ3) is 13.9. The van der Waals surface area contributed by atoms with Crippen LogP contribution in [0, 0.1) is 0 Å². The number of aliphatic hydroxyl groups is 2. The van der Waals surface area contributed by atoms with Crippen molar-refractivity contribution >= 4 is 5.97 Å². The third-order valence-corrected chi connectivity index (χ3v) is 4.66. The predicted molar refractivity (Wildman–Crippen MR) is 103 cm³/mol. The van der Waals surface area contributed by atoms with Crippen LogP contribution in [-0.4, -0.2) is 41.5 Å². The Balaban J connectivity index is 3.94. The molecular weight excluding hydrogens is 334 g/mol. The summed E-state index contributed by atoms with van der Waals surface area (Å²) in [6.07, 6.45) is 9.70. The second kappa shape index (κ2) is 17.1. The Morgan fingerprint density at radius 3 is 2.31 bits per heavy atom. The van der Waals surface area contributed by atoms with Gasteiger partial charge in [0.25, 0.3) is 0 Å². The van der Waals surface area contributed by atoms with E-state index in [0.717, 1.165) is 57.8 Å². The number of hydrogen-bond donors (Lipinski definition) is 2. The van der Waals surface area contributed by atoms with Crippen molar-refractivity contribution in [3.05, 3.63) is 10.4 Å². The van der Waals surface area contributed by atoms with E-state index in [1.165, 1.54) is 7.11 Å². The zero-order chi connectivity index (χ0) is 19.6. The van der Waals surface area contributed by atoms with Crippen LogP contribution in [0.3, 0.4) is 0 Å². The minimum atomic E-state index is -0.716. The van der Waals surface area contributed by atoms with Crippen LogP contribution >= 0.6 is 0 Å². The molecule has 0 aliphatic carbocycles. The molecule has 0 fully saturated rings. The monoisotopic (exact) mass is 371 g/mol. The summed E-state index contributed by atoms with van der Waals surface area (Å²) in [7, 11) is 1.39. The molecule has 0 aromatic rings. The number of aliphatic hydroxyl groups excluding tert-OH is 2. The van der Waals surface area contributed by atoms with Gasteiger partial charge in [-0.2, -0.15) is 0 Å². The number of rotatable bonds is 17. The van der Waals surface area contributed by atoms with Crippen LogP contribution in [0.25, 0.3) is 10.4 Å². The van der Waals surface area contributed by atoms with E-state index >= 15 is 0 Å². The third-order valence-electron chi connectivity index (χ3n) is 4.66. The molecule has 0 aromatic heterocycles. The molecule has 2 N–H and O–H groups in total. The second-order valence-electron chi connectivity index (χ2n) is 6.96. The first-order valence-corrected chi connectivity index (χ1v) is 10.0. The number of carbonyl (C=O) groups is 1. The summed E-state index contributed by atoms with van der Waals surface area (Å²) < 4.78 is 4.59. The van der Waals surface area contributed by atoms with Gasteiger partial charge in [-0.3, -0.25) is 4.79 Å². The molecule has 0 spiro atoms. The quantitative estimate of drug-likeness (QED) is 0.127. The summed E-state index contributed by atoms with van der Waals surface area (Å²) in [5.74, 6) is -0.175. The van der Waals surface area contributed by atoms with E-state index in [1.54, 1.807) is 0 Å². The lowest BCUT2D eigenvalue weighted by atomic mass is 9.96. The first-order chi connectivity index (χ1) is 12.5. The zero-order valence-corrected chi connectivity index (χ0v) is 16.5. The lowest BCUT2D eigenvalue weighted by molar-refractivity contribution is -0.140. The van der Waals surface area contributed by atoms with Crippen molar-refractivity contribution in [2.75, 3.05) is 7.11 Å². The van der Waals surface area contributed by atoms with Gasteiger partial charge in [-0.05, 0) is 31.2 Å². The van der Waals surface area contributed by atoms with Crippen molar-refractivity contribution in [3.8, 4) is 0 Å². The van der Waals surface area contributed by atoms with Gasteiger partial charge in [-0.25, -0.2) is 0 Å². The fraction of sp³-hybridized carbons (Fsp3) is 0.947. The van der Waals surface area contributed by atoms with Gasteiger partial charge in [0.15, 0.2) is 0 Å². The molecule has 0 heterocycles. The number of unbranched alkanes of at least 4 members (excludes halogenated alkanes) is 7. The number of ether oxygens (including phenoxy) is 1. The predicted octanol–water partition coefficient (Wildman–Crippen LogP) is 4.65. The standard InChI is InChI=1S/C19H37N3O4/c1-3-4-5-9-12-16(23)15-17(21-22-20)18(24)13-10-7-6-8-11-14-19(25)26-2/h16-18,23-24H,3-15H2,1-2H3/t16-,17?,18?/m1/s1. The average Bonchev–Trinajstić information content (AvgIpc) is 2.63. The minimum Gasteiger partial charge on any atom is -0.469 e. The Morgan fingerprint density at radius 1 is 1.04 bits per heavy atom. The SMILES string of the molecule is CCCCCC[C@@H](O)CC(N=[N+]=[N-])C(O)CCCCCCCC(=O)OC. The Hall–Kier alpha value is -1.30. The highest BCUT2D eigenvalue weighted by atomic mass is 16.5. The van der Waals surface area contributed by atoms with Gasteiger partial charge in [0.1, 0.15) is 0 Å². The fourth-order valence-electron chi connectivity index (χ4n) is 3.00. The van der Waals surface area contributed by atoms with E-state index in [0.29, 0.717) is 25.7 Å². The van der Waals surface area contributed by atoms with E-state index in [4.69, 9.17) is 5.53 Å². The van der Waals surface area contributed by atoms with Gasteiger partial charge < -0.3 is 14.9 Å². The minimum absolute atomic E-state index is 0.175. The van der Waals surface area contributed by atoms with Crippen LogP contribution in [0.1, 0.15) is 90.4 Å². The van der Waals surface area contributed by atoms with Gasteiger partial charge in [-0.15, -0.1) is 0 Å². The first kappa shape index (κ1) is 24.7. The lowest BCUT2D eigenvalue weighted by Gasteiger charge is -2.21. The summed E-state index contributed by atoms with van der Waals surface area (Å²) >= 11 is 0. The summed E-state index contributed by atoms with van der Waals surface area (Å²) in [4.78, 5) is 13.8. The van der Waals surface area contributed by atoms with E-state index < -0.39 is 18.2 Å². The number of nitrogens with zero attached hydrogens (tertiary/aromatic N) is 3. The molecule has 26 heavy (non-hydrogen) atoms. The number of azide groups is 1. The Kier molecular flexibility index (Phi) is 16.3. The van der Waals surface area contributed by atoms with E-state index in [2.05, 4.69) is 21.7 Å². The molecule has 0 aromatic carbocycles. The van der Waals surface area contributed by atoms with Gasteiger partial charge in [0.2, 0.25) is 0 Å². The van der Waals surface area contributed by atoms with E-state index in [-0.39, 0.29) is 5.97 Å². The van der Waals surface area contributed by atoms with Crippen LogP contribution < -0.4 is 0 Å². The summed E-state index contributed by atoms with van der Waals surface area (Å²) in [5, 5.41) is 24.0. The summed E-state index contributed by atoms with van der Waals surface area (Å²) in [6, 6.07) is -0.569. The summed E-state index contributed by atoms with van der Waals surface area (Å²) in [5.41, 5.74) is 8.71. The Labute approximate surface area is 157 Å². The van der Waals surface area contributed by atoms with Gasteiger partial charge >= 0.3 is 5.97 Å². The molecule has 0 radical (unpaired) electrons. The fourth-order valence-corrected chi connectivity index (χ4v) is 3.00. The Morgan fingerprint density at radius 2 is 1.65 bits per heavy atom. The van der Waals surface area contributed by atoms with Crippen molar-refractivity contribution in [2.45, 2.75) is 109 Å². The van der Waals surface area contributed by atoms with Crippen LogP contribution in [0.4, 0.5) is 0 Å². The number of esters is 1. The number of carbonyl (C=O) groups excluding carboxylic acids is 1. The van der Waals surface area contributed by atoms with Crippen molar-refractivity contribution in [1.82, 2.24) is 0 Å². The van der Waals surface area contributed by atoms with Crippen molar-refractivity contribution in [3.63, 3.8) is 0 Å². The van der Waals surface area contributed by atoms with Crippen LogP contribution in [0.5, 0.6) is 0 Å². The average molecular weight is 372 g/mol. The molecule has 0 saturated carbocycles. The maximum absolute atomic E-state index is 11.0. The molecule has 0 bridgehead atoms. The zero-order valence-electron chi connectivity index (χ0n) is 16.5. The largest absolute Gasteiger partial charge is 0.469 e. The number of hydrogen-bond acceptors (Lipinski definition) is 5. The topological polar surface area (TPSA) is 116 Å². The van der Waals surface area contributed by atoms with Crippen molar-refractivity contribution < 1.29 is 19.7 Å². The van der Waals surface area contributed by atoms with Crippen LogP contribution in [-0.2, 0) is 9.53 Å². The number of methoxy groups -OCH3 is 1. The summed E-state index contributed by atoms with van der Waals surface area (Å²) in [6.45, 7) is 2.14. The normalized spacial score (nSPS) is 14.3. The highest BCUT2D eigenvalue weighted by Crippen LogP contribution is 2.18. The second-order valence-corrected chi connectivity index (χ2v) is 6.96. The highest BCUT2D eigenvalue weighted by Gasteiger charge is 2.21. The maximum Gasteiger partial charge on any atom is 0.305 e. The van der Waals surface area contributed by atoms with E-state index in [1.807, 2.05) is 0 Å². The first-order valence-electron chi connectivity index (χ1n) is 10.0. The highest BCUT2D eigenvalue weighted by molar-refractivity contribution is 5.68. The van der Waals surface area contributed by atoms with Crippen molar-refractivity contribution in [1.29, 1.82) is 0 Å². The van der Waals surface area contributed by atoms with Gasteiger partial charge in [-0.1, -0.05) is 63.4 Å². The van der Waals surface area contributed by atoms with Crippen LogP contribution in [0.15, 0.2) is 5.11 Å². The van der Waals surface area contributed by atoms with Crippen LogP contribution in [0.2, 0.25) is 0 Å². The molecule has 2 unspecified atom stereocenters. The molecule has 7 heteroatoms. The van der Waals surface area contributed by atoms with E-state index in [9.17, 15) is 15.0 Å². The molecule has 0 aliphatic heterocycles. The smallest absolute Gasteiger partial charge is 0.305 e. The van der Waals surface area contributed by atoms with Gasteiger partial charge in [0, 0.05) is 11.3 Å². The molecule has 3 atom stereocenters. The molecule has 7 nitrogen and oxygen atoms in total. The molecule has 0 rings (SSSR count). The molecule has 152 valence electrons. The maximum atomic E-state index is 11.0. The Bertz CT molecular complexity index is 400. The molecular formula is C19H37N3O4.